The lowest BCUT2D eigenvalue weighted by Gasteiger charge is -2.30. The molecule has 0 bridgehead atoms. The minimum absolute atomic E-state index is 0.0822. The van der Waals surface area contributed by atoms with E-state index < -0.39 is 0 Å². The number of hydrogen-bond acceptors (Lipinski definition) is 4. The van der Waals surface area contributed by atoms with Crippen molar-refractivity contribution in [1.82, 2.24) is 9.88 Å². The van der Waals surface area contributed by atoms with Gasteiger partial charge in [-0.1, -0.05) is 29.3 Å². The number of fused-ring (bicyclic) bond motifs is 1. The largest absolute Gasteiger partial charge is 0.395 e. The molecule has 0 atom stereocenters. The van der Waals surface area contributed by atoms with Crippen molar-refractivity contribution >= 4 is 29.1 Å². The van der Waals surface area contributed by atoms with Crippen LogP contribution in [0.4, 0.5) is 0 Å². The molecular weight excluding hydrogens is 361 g/mol. The van der Waals surface area contributed by atoms with Gasteiger partial charge in [0.2, 0.25) is 0 Å². The first-order chi connectivity index (χ1) is 12.0. The molecular formula is C18H19Cl2N3O2. The second-order valence-corrected chi connectivity index (χ2v) is 6.81. The first-order valence-electron chi connectivity index (χ1n) is 8.05. The van der Waals surface area contributed by atoms with Gasteiger partial charge in [-0.05, 0) is 24.6 Å². The van der Waals surface area contributed by atoms with Gasteiger partial charge >= 0.3 is 0 Å². The summed E-state index contributed by atoms with van der Waals surface area (Å²) in [4.78, 5) is 19.3. The van der Waals surface area contributed by atoms with Crippen molar-refractivity contribution in [2.45, 2.75) is 19.9 Å². The van der Waals surface area contributed by atoms with E-state index in [-0.39, 0.29) is 25.6 Å². The van der Waals surface area contributed by atoms with Gasteiger partial charge in [0.1, 0.15) is 0 Å². The molecule has 1 aliphatic heterocycles. The summed E-state index contributed by atoms with van der Waals surface area (Å²) in [6, 6.07) is 5.20. The highest BCUT2D eigenvalue weighted by Crippen LogP contribution is 2.38. The van der Waals surface area contributed by atoms with Crippen molar-refractivity contribution in [3.63, 3.8) is 0 Å². The minimum Gasteiger partial charge on any atom is -0.395 e. The van der Waals surface area contributed by atoms with E-state index in [9.17, 15) is 9.90 Å². The van der Waals surface area contributed by atoms with Gasteiger partial charge in [0.15, 0.2) is 0 Å². The number of benzene rings is 1. The number of carbonyl (C=O) groups is 1. The van der Waals surface area contributed by atoms with Gasteiger partial charge in [-0.15, -0.1) is 0 Å². The van der Waals surface area contributed by atoms with Crippen LogP contribution in [0.2, 0.25) is 10.0 Å². The smallest absolute Gasteiger partial charge is 0.256 e. The summed E-state index contributed by atoms with van der Waals surface area (Å²) in [6.07, 6.45) is 0.630. The maximum Gasteiger partial charge on any atom is 0.256 e. The first kappa shape index (κ1) is 18.1. The summed E-state index contributed by atoms with van der Waals surface area (Å²) in [6.45, 7) is 2.88. The molecule has 7 heteroatoms. The minimum atomic E-state index is -0.154. The van der Waals surface area contributed by atoms with Crippen molar-refractivity contribution in [3.8, 4) is 11.1 Å². The van der Waals surface area contributed by atoms with Crippen LogP contribution in [-0.4, -0.2) is 40.6 Å². The lowest BCUT2D eigenvalue weighted by molar-refractivity contribution is 0.0704. The Morgan fingerprint density at radius 3 is 2.72 bits per heavy atom. The summed E-state index contributed by atoms with van der Waals surface area (Å²) in [5, 5.41) is 10.2. The Morgan fingerprint density at radius 1 is 1.32 bits per heavy atom. The van der Waals surface area contributed by atoms with E-state index in [1.165, 1.54) is 0 Å². The highest BCUT2D eigenvalue weighted by atomic mass is 35.5. The monoisotopic (exact) mass is 379 g/mol. The average Bonchev–Trinajstić information content (AvgIpc) is 2.57. The predicted molar refractivity (Wildman–Crippen MR) is 99.0 cm³/mol. The van der Waals surface area contributed by atoms with Crippen LogP contribution in [0.15, 0.2) is 18.2 Å². The number of nitrogens with zero attached hydrogens (tertiary/aromatic N) is 2. The number of amides is 1. The SMILES string of the molecule is Cc1nc2c(c(-c3ccc(Cl)cc3Cl)c1CN)C(=O)N(CCO)CC2. The average molecular weight is 380 g/mol. The van der Waals surface area contributed by atoms with Crippen molar-refractivity contribution in [2.75, 3.05) is 19.7 Å². The fraction of sp³-hybridized carbons (Fsp3) is 0.333. The third-order valence-electron chi connectivity index (χ3n) is 4.47. The lowest BCUT2D eigenvalue weighted by Crippen LogP contribution is -2.40. The Hall–Kier alpha value is -1.66. The summed E-state index contributed by atoms with van der Waals surface area (Å²) >= 11 is 12.4. The van der Waals surface area contributed by atoms with Gasteiger partial charge in [0.05, 0.1) is 17.9 Å². The van der Waals surface area contributed by atoms with E-state index in [1.54, 1.807) is 23.1 Å². The number of aliphatic hydroxyl groups excluding tert-OH is 1. The Morgan fingerprint density at radius 2 is 2.08 bits per heavy atom. The zero-order valence-corrected chi connectivity index (χ0v) is 15.4. The number of halogens is 2. The molecule has 1 aliphatic rings. The second-order valence-electron chi connectivity index (χ2n) is 5.97. The molecule has 1 aromatic carbocycles. The zero-order chi connectivity index (χ0) is 18.1. The molecule has 0 aliphatic carbocycles. The Balaban J connectivity index is 2.29. The van der Waals surface area contributed by atoms with Crippen molar-refractivity contribution in [3.05, 3.63) is 50.8 Å². The van der Waals surface area contributed by atoms with Crippen molar-refractivity contribution in [2.24, 2.45) is 5.73 Å². The molecule has 0 saturated carbocycles. The van der Waals surface area contributed by atoms with Gasteiger partial charge in [-0.3, -0.25) is 9.78 Å². The van der Waals surface area contributed by atoms with Crippen LogP contribution in [-0.2, 0) is 13.0 Å². The van der Waals surface area contributed by atoms with Gasteiger partial charge in [-0.2, -0.15) is 0 Å². The van der Waals surface area contributed by atoms with E-state index >= 15 is 0 Å². The molecule has 0 radical (unpaired) electrons. The number of nitrogens with two attached hydrogens (primary N) is 1. The molecule has 3 N–H and O–H groups in total. The van der Waals surface area contributed by atoms with Gasteiger partial charge in [0.25, 0.3) is 5.91 Å². The van der Waals surface area contributed by atoms with Crippen LogP contribution < -0.4 is 5.73 Å². The standard InChI is InChI=1S/C18H19Cl2N3O2/c1-10-13(9-21)16(12-3-2-11(19)8-14(12)20)17-15(22-10)4-5-23(6-7-24)18(17)25/h2-3,8,24H,4-7,9,21H2,1H3. The number of aromatic nitrogens is 1. The molecule has 0 saturated heterocycles. The molecule has 0 unspecified atom stereocenters. The van der Waals surface area contributed by atoms with E-state index in [0.29, 0.717) is 34.1 Å². The van der Waals surface area contributed by atoms with Crippen LogP contribution in [0, 0.1) is 6.92 Å². The zero-order valence-electron chi connectivity index (χ0n) is 13.9. The molecule has 0 fully saturated rings. The fourth-order valence-corrected chi connectivity index (χ4v) is 3.79. The lowest BCUT2D eigenvalue weighted by atomic mass is 9.89. The summed E-state index contributed by atoms with van der Waals surface area (Å²) in [7, 11) is 0. The number of carbonyl (C=O) groups excluding carboxylic acids is 1. The highest BCUT2D eigenvalue weighted by molar-refractivity contribution is 6.36. The van der Waals surface area contributed by atoms with Crippen LogP contribution in [0.1, 0.15) is 27.3 Å². The van der Waals surface area contributed by atoms with Gasteiger partial charge in [-0.25, -0.2) is 0 Å². The third-order valence-corrected chi connectivity index (χ3v) is 5.02. The number of aliphatic hydroxyl groups is 1. The third kappa shape index (κ3) is 3.25. The summed E-state index contributed by atoms with van der Waals surface area (Å²) < 4.78 is 0. The molecule has 1 aromatic heterocycles. The van der Waals surface area contributed by atoms with Crippen molar-refractivity contribution in [1.29, 1.82) is 0 Å². The van der Waals surface area contributed by atoms with E-state index in [4.69, 9.17) is 28.9 Å². The topological polar surface area (TPSA) is 79.5 Å². The van der Waals surface area contributed by atoms with E-state index in [2.05, 4.69) is 4.98 Å². The first-order valence-corrected chi connectivity index (χ1v) is 8.81. The Bertz CT molecular complexity index is 840. The molecule has 132 valence electrons. The summed E-state index contributed by atoms with van der Waals surface area (Å²) in [5.41, 5.74) is 10.3. The normalized spacial score (nSPS) is 14.0. The summed E-state index contributed by atoms with van der Waals surface area (Å²) in [5.74, 6) is -0.154. The molecule has 3 rings (SSSR count). The van der Waals surface area contributed by atoms with Crippen LogP contribution in [0.3, 0.4) is 0 Å². The van der Waals surface area contributed by atoms with Gasteiger partial charge < -0.3 is 15.7 Å². The maximum absolute atomic E-state index is 13.0. The number of β-amino-alcohol motifs (C(OH)–C–C–N with tert-alkyl or cyclic N) is 1. The Labute approximate surface area is 156 Å². The molecule has 2 heterocycles. The van der Waals surface area contributed by atoms with Crippen LogP contribution in [0.5, 0.6) is 0 Å². The Kier molecular flexibility index (Phi) is 5.29. The van der Waals surface area contributed by atoms with E-state index in [1.807, 2.05) is 6.92 Å². The van der Waals surface area contributed by atoms with E-state index in [0.717, 1.165) is 22.5 Å². The molecule has 2 aromatic rings. The molecule has 25 heavy (non-hydrogen) atoms. The number of aryl methyl sites for hydroxylation is 1. The second kappa shape index (κ2) is 7.30. The van der Waals surface area contributed by atoms with Gasteiger partial charge in [0, 0.05) is 52.9 Å². The number of pyridine rings is 1. The fourth-order valence-electron chi connectivity index (χ4n) is 3.29. The highest BCUT2D eigenvalue weighted by Gasteiger charge is 2.31. The van der Waals surface area contributed by atoms with Crippen LogP contribution >= 0.6 is 23.2 Å². The molecule has 1 amide bonds. The molecule has 5 nitrogen and oxygen atoms in total. The van der Waals surface area contributed by atoms with Crippen molar-refractivity contribution < 1.29 is 9.90 Å². The number of rotatable bonds is 4. The molecule has 0 spiro atoms. The maximum atomic E-state index is 13.0. The predicted octanol–water partition coefficient (Wildman–Crippen LogP) is 2.81. The number of hydrogen-bond donors (Lipinski definition) is 2. The quantitative estimate of drug-likeness (QED) is 0.855. The van der Waals surface area contributed by atoms with Crippen LogP contribution in [0.25, 0.3) is 11.1 Å².